The quantitative estimate of drug-likeness (QED) is 0.630. The van der Waals surface area contributed by atoms with E-state index < -0.39 is 11.9 Å². The third kappa shape index (κ3) is 11.2. The van der Waals surface area contributed by atoms with Crippen LogP contribution in [0.1, 0.15) is 19.3 Å². The summed E-state index contributed by atoms with van der Waals surface area (Å²) in [5, 5.41) is 15.9. The monoisotopic (exact) mass is 280 g/mol. The molecule has 0 aromatic carbocycles. The fourth-order valence-corrected chi connectivity index (χ4v) is 2.29. The summed E-state index contributed by atoms with van der Waals surface area (Å²) in [5.41, 5.74) is 0. The largest absolute Gasteiger partial charge is 0.481 e. The first kappa shape index (κ1) is 16.0. The molecular weight excluding hydrogens is 268 g/mol. The van der Waals surface area contributed by atoms with Crippen LogP contribution in [0.4, 0.5) is 0 Å². The lowest BCUT2D eigenvalue weighted by Gasteiger charge is -1.98. The summed E-state index contributed by atoms with van der Waals surface area (Å²) in [4.78, 5) is 42.6. The van der Waals surface area contributed by atoms with Crippen molar-refractivity contribution < 1.29 is 29.4 Å². The molecule has 2 N–H and O–H groups in total. The molecule has 96 valence electrons. The number of carboxylic acid groups (broad SMARTS) is 2. The van der Waals surface area contributed by atoms with Crippen molar-refractivity contribution in [1.29, 1.82) is 0 Å². The predicted molar refractivity (Wildman–Crippen MR) is 64.1 cm³/mol. The van der Waals surface area contributed by atoms with E-state index in [9.17, 15) is 19.2 Å². The van der Waals surface area contributed by atoms with E-state index in [1.54, 1.807) is 0 Å². The van der Waals surface area contributed by atoms with E-state index in [1.807, 2.05) is 0 Å². The first-order valence-electron chi connectivity index (χ1n) is 4.66. The minimum atomic E-state index is -0.993. The number of thioether (sulfide) groups is 2. The van der Waals surface area contributed by atoms with Gasteiger partial charge in [-0.15, -0.1) is 0 Å². The van der Waals surface area contributed by atoms with Gasteiger partial charge in [0, 0.05) is 11.5 Å². The normalized spacial score (nSPS) is 9.88. The van der Waals surface area contributed by atoms with Gasteiger partial charge in [0.1, 0.15) is 0 Å². The molecule has 0 rings (SSSR count). The molecule has 0 aromatic heterocycles. The molecule has 0 amide bonds. The van der Waals surface area contributed by atoms with Gasteiger partial charge in [0.15, 0.2) is 10.2 Å². The maximum Gasteiger partial charge on any atom is 0.304 e. The van der Waals surface area contributed by atoms with E-state index in [0.29, 0.717) is 0 Å². The summed E-state index contributed by atoms with van der Waals surface area (Å²) < 4.78 is 0. The van der Waals surface area contributed by atoms with Gasteiger partial charge in [-0.25, -0.2) is 0 Å². The van der Waals surface area contributed by atoms with Gasteiger partial charge in [0.25, 0.3) is 0 Å². The Morgan fingerprint density at radius 2 is 1.12 bits per heavy atom. The molecule has 6 nitrogen and oxygen atoms in total. The molecule has 17 heavy (non-hydrogen) atoms. The average Bonchev–Trinajstić information content (AvgIpc) is 2.15. The number of aliphatic carboxylic acids is 2. The van der Waals surface area contributed by atoms with Crippen LogP contribution in [0.3, 0.4) is 0 Å². The van der Waals surface area contributed by atoms with Gasteiger partial charge < -0.3 is 10.2 Å². The van der Waals surface area contributed by atoms with Gasteiger partial charge in [-0.2, -0.15) is 0 Å². The Labute approximate surface area is 106 Å². The van der Waals surface area contributed by atoms with Gasteiger partial charge in [-0.1, -0.05) is 23.5 Å². The Morgan fingerprint density at radius 3 is 1.41 bits per heavy atom. The second-order valence-electron chi connectivity index (χ2n) is 2.91. The van der Waals surface area contributed by atoms with Gasteiger partial charge in [-0.3, -0.25) is 19.2 Å². The first-order chi connectivity index (χ1) is 7.91. The Hall–Kier alpha value is -1.02. The van der Waals surface area contributed by atoms with E-state index in [0.717, 1.165) is 23.5 Å². The molecule has 0 saturated heterocycles. The van der Waals surface area contributed by atoms with Crippen LogP contribution in [-0.4, -0.2) is 43.9 Å². The molecule has 0 bridgehead atoms. The Kier molecular flexibility index (Phi) is 8.51. The summed E-state index contributed by atoms with van der Waals surface area (Å²) in [7, 11) is 0. The molecule has 0 atom stereocenters. The second-order valence-corrected chi connectivity index (χ2v) is 5.21. The summed E-state index contributed by atoms with van der Waals surface area (Å²) in [6.07, 6.45) is -0.553. The summed E-state index contributed by atoms with van der Waals surface area (Å²) in [5.74, 6) is -1.71. The number of rotatable bonds is 8. The van der Waals surface area contributed by atoms with Crippen LogP contribution in [-0.2, 0) is 19.2 Å². The van der Waals surface area contributed by atoms with E-state index in [-0.39, 0.29) is 41.0 Å². The molecular formula is C9H12O6S2. The van der Waals surface area contributed by atoms with Crippen molar-refractivity contribution in [3.63, 3.8) is 0 Å². The number of carbonyl (C=O) groups is 4. The molecule has 0 aromatic rings. The van der Waals surface area contributed by atoms with Crippen molar-refractivity contribution >= 4 is 45.7 Å². The highest BCUT2D eigenvalue weighted by atomic mass is 32.2. The third-order valence-corrected chi connectivity index (χ3v) is 3.20. The van der Waals surface area contributed by atoms with Crippen molar-refractivity contribution in [2.75, 3.05) is 11.5 Å². The number of hydrogen-bond donors (Lipinski definition) is 2. The zero-order valence-corrected chi connectivity index (χ0v) is 10.5. The molecule has 0 unspecified atom stereocenters. The highest BCUT2D eigenvalue weighted by Crippen LogP contribution is 2.13. The molecule has 0 aliphatic carbocycles. The SMILES string of the molecule is O=C(O)CCSC(=O)CC(=O)SCCC(=O)O. The molecule has 0 aliphatic rings. The Balaban J connectivity index is 3.62. The smallest absolute Gasteiger partial charge is 0.304 e. The van der Waals surface area contributed by atoms with E-state index >= 15 is 0 Å². The summed E-state index contributed by atoms with van der Waals surface area (Å²) >= 11 is 1.61. The minimum absolute atomic E-state index is 0.128. The molecule has 0 aliphatic heterocycles. The Bertz CT molecular complexity index is 285. The van der Waals surface area contributed by atoms with Crippen LogP contribution in [0.15, 0.2) is 0 Å². The van der Waals surface area contributed by atoms with Gasteiger partial charge in [0.05, 0.1) is 19.3 Å². The lowest BCUT2D eigenvalue weighted by Crippen LogP contribution is -2.05. The molecule has 0 radical (unpaired) electrons. The maximum absolute atomic E-state index is 11.2. The first-order valence-corrected chi connectivity index (χ1v) is 6.63. The van der Waals surface area contributed by atoms with Crippen LogP contribution >= 0.6 is 23.5 Å². The standard InChI is InChI=1S/C9H12O6S2/c10-6(11)1-3-16-8(14)5-9(15)17-4-2-7(12)13/h1-5H2,(H,10,11)(H,12,13). The predicted octanol–water partition coefficient (Wildman–Crippen LogP) is 0.845. The third-order valence-electron chi connectivity index (χ3n) is 1.45. The average molecular weight is 280 g/mol. The summed E-state index contributed by atoms with van der Waals surface area (Å²) in [6.45, 7) is 0. The molecule has 0 spiro atoms. The van der Waals surface area contributed by atoms with Crippen molar-refractivity contribution in [3.05, 3.63) is 0 Å². The van der Waals surface area contributed by atoms with E-state index in [2.05, 4.69) is 0 Å². The Morgan fingerprint density at radius 1 is 0.765 bits per heavy atom. The van der Waals surface area contributed by atoms with Gasteiger partial charge >= 0.3 is 11.9 Å². The maximum atomic E-state index is 11.2. The van der Waals surface area contributed by atoms with Crippen LogP contribution < -0.4 is 0 Å². The van der Waals surface area contributed by atoms with Gasteiger partial charge in [0.2, 0.25) is 0 Å². The number of hydrogen-bond acceptors (Lipinski definition) is 6. The lowest BCUT2D eigenvalue weighted by atomic mass is 10.5. The van der Waals surface area contributed by atoms with Gasteiger partial charge in [-0.05, 0) is 0 Å². The zero-order valence-electron chi connectivity index (χ0n) is 8.88. The van der Waals surface area contributed by atoms with E-state index in [1.165, 1.54) is 0 Å². The van der Waals surface area contributed by atoms with Crippen molar-refractivity contribution in [2.24, 2.45) is 0 Å². The molecule has 0 fully saturated rings. The van der Waals surface area contributed by atoms with E-state index in [4.69, 9.17) is 10.2 Å². The number of carbonyl (C=O) groups excluding carboxylic acids is 2. The minimum Gasteiger partial charge on any atom is -0.481 e. The van der Waals surface area contributed by atoms with Crippen molar-refractivity contribution in [3.8, 4) is 0 Å². The van der Waals surface area contributed by atoms with Crippen LogP contribution in [0, 0.1) is 0 Å². The summed E-state index contributed by atoms with van der Waals surface area (Å²) in [6, 6.07) is 0. The van der Waals surface area contributed by atoms with Crippen LogP contribution in [0.25, 0.3) is 0 Å². The fourth-order valence-electron chi connectivity index (χ4n) is 0.724. The van der Waals surface area contributed by atoms with Crippen molar-refractivity contribution in [1.82, 2.24) is 0 Å². The fraction of sp³-hybridized carbons (Fsp3) is 0.556. The highest BCUT2D eigenvalue weighted by Gasteiger charge is 2.12. The lowest BCUT2D eigenvalue weighted by molar-refractivity contribution is -0.137. The number of carboxylic acids is 2. The van der Waals surface area contributed by atoms with Crippen LogP contribution in [0.2, 0.25) is 0 Å². The van der Waals surface area contributed by atoms with Crippen LogP contribution in [0.5, 0.6) is 0 Å². The molecule has 8 heteroatoms. The zero-order chi connectivity index (χ0) is 13.3. The second kappa shape index (κ2) is 9.06. The molecule has 0 saturated carbocycles. The topological polar surface area (TPSA) is 109 Å². The van der Waals surface area contributed by atoms with Crippen molar-refractivity contribution in [2.45, 2.75) is 19.3 Å². The highest BCUT2D eigenvalue weighted by molar-refractivity contribution is 8.15. The molecule has 0 heterocycles.